The molecule has 1 heterocycles. The maximum atomic E-state index is 12.8. The standard InChI is InChI=1S/C26H34N2O4.ClH/c1-6-27(7-2)16-21(29)17-32-22-13-14-24-23(15-22)25(26(30)31-8-3)19(5)28(24)20-11-9-18(4)10-12-20;/h9-15,21,29H,6-8,16-17H2,1-5H3;1H. The molecule has 1 N–H and O–H groups in total. The molecule has 3 rings (SSSR count). The van der Waals surface area contributed by atoms with Gasteiger partial charge in [-0.3, -0.25) is 0 Å². The number of halogens is 1. The average Bonchev–Trinajstić information content (AvgIpc) is 3.07. The molecule has 2 aromatic carbocycles. The van der Waals surface area contributed by atoms with Crippen LogP contribution in [-0.2, 0) is 4.74 Å². The van der Waals surface area contributed by atoms with Gasteiger partial charge >= 0.3 is 5.97 Å². The van der Waals surface area contributed by atoms with E-state index in [4.69, 9.17) is 9.47 Å². The molecular formula is C26H35ClN2O4. The second-order valence-corrected chi connectivity index (χ2v) is 7.98. The van der Waals surface area contributed by atoms with Gasteiger partial charge in [0.2, 0.25) is 0 Å². The van der Waals surface area contributed by atoms with Crippen molar-refractivity contribution < 1.29 is 19.4 Å². The maximum Gasteiger partial charge on any atom is 0.340 e. The van der Waals surface area contributed by atoms with Crippen molar-refractivity contribution in [3.63, 3.8) is 0 Å². The lowest BCUT2D eigenvalue weighted by molar-refractivity contribution is 0.0527. The summed E-state index contributed by atoms with van der Waals surface area (Å²) in [6.07, 6.45) is -0.589. The van der Waals surface area contributed by atoms with Gasteiger partial charge in [-0.15, -0.1) is 12.4 Å². The molecule has 3 aromatic rings. The number of fused-ring (bicyclic) bond motifs is 1. The molecule has 0 amide bonds. The minimum atomic E-state index is -0.589. The number of carbonyl (C=O) groups is 1. The van der Waals surface area contributed by atoms with Gasteiger partial charge in [-0.1, -0.05) is 31.5 Å². The van der Waals surface area contributed by atoms with Crippen LogP contribution in [0.5, 0.6) is 5.75 Å². The zero-order chi connectivity index (χ0) is 23.3. The third kappa shape index (κ3) is 6.08. The normalized spacial score (nSPS) is 12.0. The third-order valence-electron chi connectivity index (χ3n) is 5.75. The van der Waals surface area contributed by atoms with Crippen molar-refractivity contribution in [3.8, 4) is 11.4 Å². The predicted molar refractivity (Wildman–Crippen MR) is 135 cm³/mol. The Labute approximate surface area is 202 Å². The molecule has 1 atom stereocenters. The molecule has 0 saturated heterocycles. The van der Waals surface area contributed by atoms with Gasteiger partial charge in [-0.2, -0.15) is 0 Å². The highest BCUT2D eigenvalue weighted by Crippen LogP contribution is 2.32. The number of esters is 1. The zero-order valence-electron chi connectivity index (χ0n) is 20.1. The summed E-state index contributed by atoms with van der Waals surface area (Å²) < 4.78 is 13.3. The number of aryl methyl sites for hydroxylation is 1. The number of hydrogen-bond donors (Lipinski definition) is 1. The molecule has 1 unspecified atom stereocenters. The molecule has 0 aliphatic rings. The molecule has 0 bridgehead atoms. The molecular weight excluding hydrogens is 440 g/mol. The molecule has 7 heteroatoms. The zero-order valence-corrected chi connectivity index (χ0v) is 20.9. The van der Waals surface area contributed by atoms with Crippen molar-refractivity contribution in [1.29, 1.82) is 0 Å². The van der Waals surface area contributed by atoms with Gasteiger partial charge in [-0.05, 0) is 64.2 Å². The Bertz CT molecular complexity index is 1060. The minimum absolute atomic E-state index is 0. The minimum Gasteiger partial charge on any atom is -0.491 e. The van der Waals surface area contributed by atoms with Crippen molar-refractivity contribution in [3.05, 3.63) is 59.3 Å². The summed E-state index contributed by atoms with van der Waals surface area (Å²) in [5, 5.41) is 11.1. The van der Waals surface area contributed by atoms with Crippen LogP contribution in [0.25, 0.3) is 16.6 Å². The highest BCUT2D eigenvalue weighted by Gasteiger charge is 2.22. The van der Waals surface area contributed by atoms with E-state index < -0.39 is 6.10 Å². The van der Waals surface area contributed by atoms with E-state index >= 15 is 0 Å². The largest absolute Gasteiger partial charge is 0.491 e. The van der Waals surface area contributed by atoms with Crippen molar-refractivity contribution in [2.24, 2.45) is 0 Å². The highest BCUT2D eigenvalue weighted by molar-refractivity contribution is 6.07. The Balaban J connectivity index is 0.00000385. The first-order valence-corrected chi connectivity index (χ1v) is 11.3. The second-order valence-electron chi connectivity index (χ2n) is 7.98. The van der Waals surface area contributed by atoms with Crippen LogP contribution in [0.4, 0.5) is 0 Å². The molecule has 0 aliphatic heterocycles. The van der Waals surface area contributed by atoms with Crippen LogP contribution in [0, 0.1) is 13.8 Å². The van der Waals surface area contributed by atoms with Crippen LogP contribution in [-0.4, -0.2) is 59.5 Å². The van der Waals surface area contributed by atoms with E-state index in [1.165, 1.54) is 5.56 Å². The summed E-state index contributed by atoms with van der Waals surface area (Å²) in [6.45, 7) is 12.8. The number of likely N-dealkylation sites (N-methyl/N-ethyl adjacent to an activating group) is 1. The summed E-state index contributed by atoms with van der Waals surface area (Å²) in [7, 11) is 0. The molecule has 0 saturated carbocycles. The van der Waals surface area contributed by atoms with Gasteiger partial charge < -0.3 is 24.0 Å². The van der Waals surface area contributed by atoms with Gasteiger partial charge in [0.05, 0.1) is 17.7 Å². The molecule has 0 radical (unpaired) electrons. The number of carbonyl (C=O) groups excluding carboxylic acids is 1. The Morgan fingerprint density at radius 1 is 1.06 bits per heavy atom. The predicted octanol–water partition coefficient (Wildman–Crippen LogP) is 4.93. The fourth-order valence-corrected chi connectivity index (χ4v) is 4.00. The van der Waals surface area contributed by atoms with Gasteiger partial charge in [0.15, 0.2) is 0 Å². The molecule has 1 aromatic heterocycles. The van der Waals surface area contributed by atoms with Crippen molar-refractivity contribution in [1.82, 2.24) is 9.47 Å². The van der Waals surface area contributed by atoms with E-state index in [0.29, 0.717) is 24.5 Å². The Morgan fingerprint density at radius 3 is 2.33 bits per heavy atom. The lowest BCUT2D eigenvalue weighted by Gasteiger charge is -2.22. The SMILES string of the molecule is CCOC(=O)c1c(C)n(-c2ccc(C)cc2)c2ccc(OCC(O)CN(CC)CC)cc12.Cl. The fraction of sp³-hybridized carbons (Fsp3) is 0.423. The summed E-state index contributed by atoms with van der Waals surface area (Å²) in [5.74, 6) is 0.266. The molecule has 0 aliphatic carbocycles. The fourth-order valence-electron chi connectivity index (χ4n) is 4.00. The Kier molecular flexibility index (Phi) is 9.77. The molecule has 6 nitrogen and oxygen atoms in total. The summed E-state index contributed by atoms with van der Waals surface area (Å²) >= 11 is 0. The van der Waals surface area contributed by atoms with Gasteiger partial charge in [0.1, 0.15) is 18.5 Å². The monoisotopic (exact) mass is 474 g/mol. The van der Waals surface area contributed by atoms with Crippen LogP contribution in [0.2, 0.25) is 0 Å². The smallest absolute Gasteiger partial charge is 0.340 e. The van der Waals surface area contributed by atoms with Crippen LogP contribution in [0.1, 0.15) is 42.4 Å². The number of ether oxygens (including phenoxy) is 2. The van der Waals surface area contributed by atoms with Crippen molar-refractivity contribution in [2.75, 3.05) is 32.8 Å². The van der Waals surface area contributed by atoms with Crippen molar-refractivity contribution in [2.45, 2.75) is 40.7 Å². The third-order valence-corrected chi connectivity index (χ3v) is 5.75. The molecule has 0 spiro atoms. The molecule has 33 heavy (non-hydrogen) atoms. The summed E-state index contributed by atoms with van der Waals surface area (Å²) in [6, 6.07) is 13.9. The van der Waals surface area contributed by atoms with Gasteiger partial charge in [-0.25, -0.2) is 4.79 Å². The van der Waals surface area contributed by atoms with Gasteiger partial charge in [0, 0.05) is 23.3 Å². The lowest BCUT2D eigenvalue weighted by atomic mass is 10.1. The summed E-state index contributed by atoms with van der Waals surface area (Å²) in [4.78, 5) is 15.0. The average molecular weight is 475 g/mol. The van der Waals surface area contributed by atoms with E-state index in [1.807, 2.05) is 44.2 Å². The van der Waals surface area contributed by atoms with E-state index in [1.54, 1.807) is 6.92 Å². The van der Waals surface area contributed by atoms with Crippen LogP contribution in [0.3, 0.4) is 0 Å². The summed E-state index contributed by atoms with van der Waals surface area (Å²) in [5.41, 5.74) is 4.42. The molecule has 0 fully saturated rings. The first kappa shape index (κ1) is 26.7. The number of aromatic nitrogens is 1. The number of aliphatic hydroxyl groups excluding tert-OH is 1. The topological polar surface area (TPSA) is 63.9 Å². The first-order chi connectivity index (χ1) is 15.4. The van der Waals surface area contributed by atoms with E-state index in [2.05, 4.69) is 35.4 Å². The van der Waals surface area contributed by atoms with Crippen LogP contribution >= 0.6 is 12.4 Å². The molecule has 180 valence electrons. The van der Waals surface area contributed by atoms with E-state index in [9.17, 15) is 9.90 Å². The number of hydrogen-bond acceptors (Lipinski definition) is 5. The van der Waals surface area contributed by atoms with E-state index in [0.717, 1.165) is 35.4 Å². The Hall–Kier alpha value is -2.54. The van der Waals surface area contributed by atoms with Crippen molar-refractivity contribution >= 4 is 29.3 Å². The number of rotatable bonds is 10. The second kappa shape index (κ2) is 12.1. The number of benzene rings is 2. The first-order valence-electron chi connectivity index (χ1n) is 11.3. The Morgan fingerprint density at radius 2 is 1.73 bits per heavy atom. The van der Waals surface area contributed by atoms with Crippen LogP contribution < -0.4 is 4.74 Å². The maximum absolute atomic E-state index is 12.8. The van der Waals surface area contributed by atoms with Crippen LogP contribution in [0.15, 0.2) is 42.5 Å². The number of nitrogens with zero attached hydrogens (tertiary/aromatic N) is 2. The van der Waals surface area contributed by atoms with E-state index in [-0.39, 0.29) is 25.0 Å². The van der Waals surface area contributed by atoms with Gasteiger partial charge in [0.25, 0.3) is 0 Å². The quantitative estimate of drug-likeness (QED) is 0.422. The number of aliphatic hydroxyl groups is 1. The highest BCUT2D eigenvalue weighted by atomic mass is 35.5. The lowest BCUT2D eigenvalue weighted by Crippen LogP contribution is -2.35.